The lowest BCUT2D eigenvalue weighted by atomic mass is 10.1. The molecule has 2 aliphatic rings. The number of ether oxygens (including phenoxy) is 2. The summed E-state index contributed by atoms with van der Waals surface area (Å²) in [4.78, 5) is 16.6. The van der Waals surface area contributed by atoms with Gasteiger partial charge in [0.1, 0.15) is 11.4 Å². The Labute approximate surface area is 175 Å². The number of nitrogens with one attached hydrogen (secondary N) is 1. The number of rotatable bonds is 8. The van der Waals surface area contributed by atoms with Gasteiger partial charge in [0, 0.05) is 31.9 Å². The number of anilines is 1. The number of piperidine rings is 1. The zero-order valence-corrected chi connectivity index (χ0v) is 18.3. The molecule has 162 valence electrons. The number of fused-ring (bicyclic) bond motifs is 1. The van der Waals surface area contributed by atoms with Crippen molar-refractivity contribution in [3.63, 3.8) is 0 Å². The van der Waals surface area contributed by atoms with E-state index in [1.54, 1.807) is 0 Å². The number of amides is 1. The molecule has 1 aromatic carbocycles. The number of likely N-dealkylation sites (tertiary alicyclic amines) is 1. The standard InChI is InChI=1S/C23H37N3O3/c1-23(2,3)29-22(27)24-11-16-26-15-10-19-18-20(8-9-21(19)26)28-17-7-14-25-12-5-4-6-13-25/h8-9,18H,4-7,10-17H2,1-3H3,(H,24,27). The number of hydrogen-bond acceptors (Lipinski definition) is 5. The summed E-state index contributed by atoms with van der Waals surface area (Å²) in [5, 5.41) is 2.84. The molecule has 0 atom stereocenters. The number of carbonyl (C=O) groups excluding carboxylic acids is 1. The Bertz CT molecular complexity index is 666. The van der Waals surface area contributed by atoms with Crippen LogP contribution in [-0.4, -0.2) is 62.5 Å². The maximum atomic E-state index is 11.8. The van der Waals surface area contributed by atoms with Gasteiger partial charge in [-0.25, -0.2) is 4.79 Å². The number of carbonyl (C=O) groups is 1. The van der Waals surface area contributed by atoms with Crippen molar-refractivity contribution < 1.29 is 14.3 Å². The first-order valence-corrected chi connectivity index (χ1v) is 11.1. The van der Waals surface area contributed by atoms with Gasteiger partial charge in [-0.05, 0) is 83.3 Å². The molecule has 0 aliphatic carbocycles. The van der Waals surface area contributed by atoms with Gasteiger partial charge in [0.05, 0.1) is 6.61 Å². The summed E-state index contributed by atoms with van der Waals surface area (Å²) in [6, 6.07) is 6.40. The summed E-state index contributed by atoms with van der Waals surface area (Å²) in [5.74, 6) is 0.969. The zero-order valence-electron chi connectivity index (χ0n) is 18.3. The van der Waals surface area contributed by atoms with E-state index in [4.69, 9.17) is 9.47 Å². The van der Waals surface area contributed by atoms with Crippen LogP contribution in [0.15, 0.2) is 18.2 Å². The van der Waals surface area contributed by atoms with Crippen LogP contribution in [0, 0.1) is 0 Å². The first kappa shape index (κ1) is 21.8. The van der Waals surface area contributed by atoms with E-state index in [0.717, 1.165) is 44.8 Å². The number of nitrogens with zero attached hydrogens (tertiary/aromatic N) is 2. The maximum Gasteiger partial charge on any atom is 0.407 e. The molecule has 2 heterocycles. The molecule has 3 rings (SSSR count). The van der Waals surface area contributed by atoms with Crippen molar-refractivity contribution in [2.45, 2.75) is 58.5 Å². The molecule has 6 nitrogen and oxygen atoms in total. The van der Waals surface area contributed by atoms with Crippen molar-refractivity contribution in [1.82, 2.24) is 10.2 Å². The fourth-order valence-electron chi connectivity index (χ4n) is 4.04. The molecule has 1 fully saturated rings. The first-order valence-electron chi connectivity index (χ1n) is 11.1. The molecule has 29 heavy (non-hydrogen) atoms. The summed E-state index contributed by atoms with van der Waals surface area (Å²) >= 11 is 0. The van der Waals surface area contributed by atoms with Crippen molar-refractivity contribution in [3.05, 3.63) is 23.8 Å². The molecule has 0 radical (unpaired) electrons. The highest BCUT2D eigenvalue weighted by Gasteiger charge is 2.20. The van der Waals surface area contributed by atoms with E-state index in [2.05, 4.69) is 33.3 Å². The van der Waals surface area contributed by atoms with E-state index in [-0.39, 0.29) is 6.09 Å². The fraction of sp³-hybridized carbons (Fsp3) is 0.696. The summed E-state index contributed by atoms with van der Waals surface area (Å²) in [5.41, 5.74) is 2.11. The van der Waals surface area contributed by atoms with E-state index in [1.807, 2.05) is 20.8 Å². The Morgan fingerprint density at radius 2 is 1.90 bits per heavy atom. The van der Waals surface area contributed by atoms with Crippen molar-refractivity contribution in [3.8, 4) is 5.75 Å². The van der Waals surface area contributed by atoms with E-state index in [1.165, 1.54) is 43.6 Å². The highest BCUT2D eigenvalue weighted by atomic mass is 16.6. The molecule has 1 saturated heterocycles. The highest BCUT2D eigenvalue weighted by molar-refractivity contribution is 5.68. The van der Waals surface area contributed by atoms with Gasteiger partial charge in [-0.3, -0.25) is 0 Å². The minimum atomic E-state index is -0.464. The predicted molar refractivity (Wildman–Crippen MR) is 117 cm³/mol. The molecule has 0 unspecified atom stereocenters. The van der Waals surface area contributed by atoms with Gasteiger partial charge in [-0.15, -0.1) is 0 Å². The number of hydrogen-bond donors (Lipinski definition) is 1. The van der Waals surface area contributed by atoms with Gasteiger partial charge >= 0.3 is 6.09 Å². The van der Waals surface area contributed by atoms with E-state index < -0.39 is 5.60 Å². The van der Waals surface area contributed by atoms with E-state index >= 15 is 0 Å². The largest absolute Gasteiger partial charge is 0.494 e. The maximum absolute atomic E-state index is 11.8. The molecular formula is C23H37N3O3. The third-order valence-electron chi connectivity index (χ3n) is 5.43. The Morgan fingerprint density at radius 1 is 1.10 bits per heavy atom. The van der Waals surface area contributed by atoms with Crippen molar-refractivity contribution in [1.29, 1.82) is 0 Å². The van der Waals surface area contributed by atoms with Crippen LogP contribution in [0.3, 0.4) is 0 Å². The normalized spacial score (nSPS) is 17.1. The Kier molecular flexibility index (Phi) is 7.64. The van der Waals surface area contributed by atoms with Crippen LogP contribution < -0.4 is 15.0 Å². The van der Waals surface area contributed by atoms with Crippen LogP contribution in [-0.2, 0) is 11.2 Å². The van der Waals surface area contributed by atoms with Crippen LogP contribution in [0.2, 0.25) is 0 Å². The van der Waals surface area contributed by atoms with Crippen LogP contribution in [0.25, 0.3) is 0 Å². The Morgan fingerprint density at radius 3 is 2.66 bits per heavy atom. The molecule has 1 amide bonds. The van der Waals surface area contributed by atoms with E-state index in [0.29, 0.717) is 6.54 Å². The predicted octanol–water partition coefficient (Wildman–Crippen LogP) is 3.83. The Hall–Kier alpha value is -1.95. The van der Waals surface area contributed by atoms with Crippen LogP contribution in [0.4, 0.5) is 10.5 Å². The van der Waals surface area contributed by atoms with Gasteiger partial charge < -0.3 is 24.6 Å². The molecule has 2 aliphatic heterocycles. The van der Waals surface area contributed by atoms with Gasteiger partial charge in [0.2, 0.25) is 0 Å². The van der Waals surface area contributed by atoms with Gasteiger partial charge in [0.15, 0.2) is 0 Å². The highest BCUT2D eigenvalue weighted by Crippen LogP contribution is 2.31. The van der Waals surface area contributed by atoms with Gasteiger partial charge in [0.25, 0.3) is 0 Å². The quantitative estimate of drug-likeness (QED) is 0.669. The molecule has 0 spiro atoms. The smallest absolute Gasteiger partial charge is 0.407 e. The molecule has 0 aromatic heterocycles. The van der Waals surface area contributed by atoms with Crippen LogP contribution >= 0.6 is 0 Å². The van der Waals surface area contributed by atoms with Crippen molar-refractivity contribution in [2.75, 3.05) is 50.8 Å². The lowest BCUT2D eigenvalue weighted by Gasteiger charge is -2.26. The van der Waals surface area contributed by atoms with Gasteiger partial charge in [-0.1, -0.05) is 6.42 Å². The zero-order chi connectivity index (χ0) is 20.7. The SMILES string of the molecule is CC(C)(C)OC(=O)NCCN1CCc2cc(OCCCN3CCCCC3)ccc21. The third-order valence-corrected chi connectivity index (χ3v) is 5.43. The summed E-state index contributed by atoms with van der Waals surface area (Å²) < 4.78 is 11.3. The molecule has 1 aromatic rings. The lowest BCUT2D eigenvalue weighted by Crippen LogP contribution is -2.37. The minimum Gasteiger partial charge on any atom is -0.494 e. The molecular weight excluding hydrogens is 366 g/mol. The summed E-state index contributed by atoms with van der Waals surface area (Å²) in [6.07, 6.45) is 5.82. The Balaban J connectivity index is 1.38. The average molecular weight is 404 g/mol. The number of benzene rings is 1. The van der Waals surface area contributed by atoms with E-state index in [9.17, 15) is 4.79 Å². The van der Waals surface area contributed by atoms with Gasteiger partial charge in [-0.2, -0.15) is 0 Å². The summed E-state index contributed by atoms with van der Waals surface area (Å²) in [6.45, 7) is 12.4. The van der Waals surface area contributed by atoms with Crippen molar-refractivity contribution >= 4 is 11.8 Å². The van der Waals surface area contributed by atoms with Crippen LogP contribution in [0.1, 0.15) is 52.0 Å². The summed E-state index contributed by atoms with van der Waals surface area (Å²) in [7, 11) is 0. The topological polar surface area (TPSA) is 54.0 Å². The molecule has 0 saturated carbocycles. The van der Waals surface area contributed by atoms with Crippen LogP contribution in [0.5, 0.6) is 5.75 Å². The minimum absolute atomic E-state index is 0.356. The third kappa shape index (κ3) is 7.11. The molecule has 6 heteroatoms. The monoisotopic (exact) mass is 403 g/mol. The molecule has 0 bridgehead atoms. The van der Waals surface area contributed by atoms with Crippen molar-refractivity contribution in [2.24, 2.45) is 0 Å². The lowest BCUT2D eigenvalue weighted by molar-refractivity contribution is 0.0529. The fourth-order valence-corrected chi connectivity index (χ4v) is 4.04. The second-order valence-corrected chi connectivity index (χ2v) is 9.06. The number of alkyl carbamates (subject to hydrolysis) is 1. The average Bonchev–Trinajstić information content (AvgIpc) is 3.07. The molecule has 1 N–H and O–H groups in total. The second kappa shape index (κ2) is 10.2. The second-order valence-electron chi connectivity index (χ2n) is 9.06. The first-order chi connectivity index (χ1) is 13.9.